The van der Waals surface area contributed by atoms with Crippen LogP contribution in [0.15, 0.2) is 29.3 Å². The Balaban J connectivity index is 1.95. The zero-order chi connectivity index (χ0) is 11.6. The molecular formula is C12H15ClN2O. The first-order valence-electron chi connectivity index (χ1n) is 5.30. The normalized spacial score (nSPS) is 24.0. The number of ether oxygens (including phenoxy) is 1. The molecule has 0 saturated heterocycles. The van der Waals surface area contributed by atoms with Gasteiger partial charge >= 0.3 is 0 Å². The van der Waals surface area contributed by atoms with E-state index in [9.17, 15) is 0 Å². The number of benzene rings is 1. The van der Waals surface area contributed by atoms with Gasteiger partial charge in [-0.2, -0.15) is 0 Å². The molecule has 1 aromatic rings. The average molecular weight is 239 g/mol. The summed E-state index contributed by atoms with van der Waals surface area (Å²) in [5, 5.41) is 0.765. The number of hydrogen-bond donors (Lipinski definition) is 1. The SMILES string of the molecule is C[C@]1(CCc2ccc(Cl)cc2)COC(N)=N1. The van der Waals surface area contributed by atoms with Crippen molar-refractivity contribution >= 4 is 17.6 Å². The molecule has 0 unspecified atom stereocenters. The summed E-state index contributed by atoms with van der Waals surface area (Å²) < 4.78 is 5.18. The molecular weight excluding hydrogens is 224 g/mol. The van der Waals surface area contributed by atoms with Crippen molar-refractivity contribution in [2.45, 2.75) is 25.3 Å². The molecule has 1 aliphatic heterocycles. The van der Waals surface area contributed by atoms with Gasteiger partial charge in [0.25, 0.3) is 6.02 Å². The number of halogens is 1. The van der Waals surface area contributed by atoms with Gasteiger partial charge in [0.2, 0.25) is 0 Å². The topological polar surface area (TPSA) is 47.6 Å². The molecule has 86 valence electrons. The molecule has 0 amide bonds. The Hall–Kier alpha value is -1.22. The van der Waals surface area contributed by atoms with E-state index >= 15 is 0 Å². The van der Waals surface area contributed by atoms with Crippen molar-refractivity contribution in [3.05, 3.63) is 34.9 Å². The number of amidine groups is 1. The van der Waals surface area contributed by atoms with Crippen LogP contribution in [0.2, 0.25) is 5.02 Å². The lowest BCUT2D eigenvalue weighted by Gasteiger charge is -2.17. The number of nitrogens with two attached hydrogens (primary N) is 1. The maximum atomic E-state index is 5.83. The zero-order valence-corrected chi connectivity index (χ0v) is 10.00. The summed E-state index contributed by atoms with van der Waals surface area (Å²) in [5.41, 5.74) is 6.59. The van der Waals surface area contributed by atoms with Crippen molar-refractivity contribution in [3.8, 4) is 0 Å². The lowest BCUT2D eigenvalue weighted by Crippen LogP contribution is -2.24. The third kappa shape index (κ3) is 2.67. The maximum Gasteiger partial charge on any atom is 0.282 e. The van der Waals surface area contributed by atoms with Gasteiger partial charge in [-0.15, -0.1) is 0 Å². The first-order chi connectivity index (χ1) is 7.57. The molecule has 0 aromatic heterocycles. The lowest BCUT2D eigenvalue weighted by molar-refractivity contribution is 0.255. The molecule has 3 nitrogen and oxygen atoms in total. The highest BCUT2D eigenvalue weighted by atomic mass is 35.5. The quantitative estimate of drug-likeness (QED) is 0.879. The van der Waals surface area contributed by atoms with E-state index in [4.69, 9.17) is 22.1 Å². The third-order valence-corrected chi connectivity index (χ3v) is 3.03. The predicted molar refractivity (Wildman–Crippen MR) is 65.8 cm³/mol. The van der Waals surface area contributed by atoms with Crippen LogP contribution >= 0.6 is 11.6 Å². The van der Waals surface area contributed by atoms with Crippen LogP contribution in [-0.4, -0.2) is 18.2 Å². The van der Waals surface area contributed by atoms with Crippen LogP contribution in [0.3, 0.4) is 0 Å². The Labute approximate surface area is 100 Å². The van der Waals surface area contributed by atoms with E-state index in [1.165, 1.54) is 5.56 Å². The van der Waals surface area contributed by atoms with E-state index in [1.54, 1.807) is 0 Å². The summed E-state index contributed by atoms with van der Waals surface area (Å²) in [7, 11) is 0. The Morgan fingerprint density at radius 3 is 2.69 bits per heavy atom. The van der Waals surface area contributed by atoms with E-state index in [-0.39, 0.29) is 5.54 Å². The van der Waals surface area contributed by atoms with E-state index < -0.39 is 0 Å². The number of nitrogens with zero attached hydrogens (tertiary/aromatic N) is 1. The van der Waals surface area contributed by atoms with Crippen LogP contribution in [0, 0.1) is 0 Å². The van der Waals surface area contributed by atoms with Gasteiger partial charge in [0.15, 0.2) is 0 Å². The molecule has 4 heteroatoms. The highest BCUT2D eigenvalue weighted by Crippen LogP contribution is 2.23. The van der Waals surface area contributed by atoms with E-state index in [1.807, 2.05) is 24.3 Å². The fraction of sp³-hybridized carbons (Fsp3) is 0.417. The van der Waals surface area contributed by atoms with Crippen molar-refractivity contribution < 1.29 is 4.74 Å². The van der Waals surface area contributed by atoms with Crippen molar-refractivity contribution in [2.75, 3.05) is 6.61 Å². The molecule has 1 heterocycles. The fourth-order valence-electron chi connectivity index (χ4n) is 1.75. The second-order valence-electron chi connectivity index (χ2n) is 4.36. The number of rotatable bonds is 3. The van der Waals surface area contributed by atoms with Crippen molar-refractivity contribution in [1.82, 2.24) is 0 Å². The molecule has 0 saturated carbocycles. The minimum Gasteiger partial charge on any atom is -0.463 e. The van der Waals surface area contributed by atoms with Crippen LogP contribution < -0.4 is 5.73 Å². The molecule has 0 radical (unpaired) electrons. The minimum atomic E-state index is -0.177. The monoisotopic (exact) mass is 238 g/mol. The second kappa shape index (κ2) is 4.34. The van der Waals surface area contributed by atoms with Crippen LogP contribution in [0.5, 0.6) is 0 Å². The van der Waals surface area contributed by atoms with Crippen LogP contribution in [0.1, 0.15) is 18.9 Å². The Bertz CT molecular complexity index is 402. The van der Waals surface area contributed by atoms with Gasteiger partial charge in [0.1, 0.15) is 6.61 Å². The van der Waals surface area contributed by atoms with Crippen molar-refractivity contribution in [3.63, 3.8) is 0 Å². The van der Waals surface area contributed by atoms with Crippen molar-refractivity contribution in [1.29, 1.82) is 0 Å². The molecule has 2 N–H and O–H groups in total. The van der Waals surface area contributed by atoms with E-state index in [0.717, 1.165) is 17.9 Å². The van der Waals surface area contributed by atoms with Gasteiger partial charge in [-0.3, -0.25) is 0 Å². The molecule has 0 aliphatic carbocycles. The van der Waals surface area contributed by atoms with Crippen molar-refractivity contribution in [2.24, 2.45) is 10.7 Å². The Kier molecular flexibility index (Phi) is 3.06. The second-order valence-corrected chi connectivity index (χ2v) is 4.80. The minimum absolute atomic E-state index is 0.177. The maximum absolute atomic E-state index is 5.83. The smallest absolute Gasteiger partial charge is 0.282 e. The molecule has 0 spiro atoms. The summed E-state index contributed by atoms with van der Waals surface area (Å²) in [6.45, 7) is 2.63. The molecule has 0 fully saturated rings. The van der Waals surface area contributed by atoms with Crippen LogP contribution in [0.4, 0.5) is 0 Å². The summed E-state index contributed by atoms with van der Waals surface area (Å²) >= 11 is 5.83. The molecule has 0 bridgehead atoms. The van der Waals surface area contributed by atoms with Gasteiger partial charge in [0.05, 0.1) is 5.54 Å². The first kappa shape index (κ1) is 11.3. The number of aryl methyl sites for hydroxylation is 1. The number of hydrogen-bond acceptors (Lipinski definition) is 3. The Morgan fingerprint density at radius 1 is 1.44 bits per heavy atom. The summed E-state index contributed by atoms with van der Waals surface area (Å²) in [4.78, 5) is 4.30. The zero-order valence-electron chi connectivity index (χ0n) is 9.24. The molecule has 16 heavy (non-hydrogen) atoms. The predicted octanol–water partition coefficient (Wildman–Crippen LogP) is 2.38. The molecule has 1 atom stereocenters. The molecule has 1 aromatic carbocycles. The average Bonchev–Trinajstić information content (AvgIpc) is 2.59. The van der Waals surface area contributed by atoms with Gasteiger partial charge < -0.3 is 10.5 Å². The first-order valence-corrected chi connectivity index (χ1v) is 5.68. The molecule has 1 aliphatic rings. The number of aliphatic imine (C=N–C) groups is 1. The Morgan fingerprint density at radius 2 is 2.12 bits per heavy atom. The van der Waals surface area contributed by atoms with Gasteiger partial charge in [0, 0.05) is 5.02 Å². The standard InChI is InChI=1S/C12H15ClN2O/c1-12(8-16-11(14)15-12)7-6-9-2-4-10(13)5-3-9/h2-5H,6-8H2,1H3,(H2,14,15)/t12-/m0/s1. The summed E-state index contributed by atoms with van der Waals surface area (Å²) in [5.74, 6) is 0. The largest absolute Gasteiger partial charge is 0.463 e. The summed E-state index contributed by atoms with van der Waals surface area (Å²) in [6, 6.07) is 8.19. The lowest BCUT2D eigenvalue weighted by atomic mass is 9.95. The highest BCUT2D eigenvalue weighted by molar-refractivity contribution is 6.30. The van der Waals surface area contributed by atoms with Gasteiger partial charge in [-0.05, 0) is 37.5 Å². The van der Waals surface area contributed by atoms with Gasteiger partial charge in [-0.1, -0.05) is 23.7 Å². The van der Waals surface area contributed by atoms with E-state index in [2.05, 4.69) is 11.9 Å². The summed E-state index contributed by atoms with van der Waals surface area (Å²) in [6.07, 6.45) is 1.88. The third-order valence-electron chi connectivity index (χ3n) is 2.78. The van der Waals surface area contributed by atoms with Crippen LogP contribution in [0.25, 0.3) is 0 Å². The van der Waals surface area contributed by atoms with Gasteiger partial charge in [-0.25, -0.2) is 4.99 Å². The van der Waals surface area contributed by atoms with E-state index in [0.29, 0.717) is 12.6 Å². The highest BCUT2D eigenvalue weighted by Gasteiger charge is 2.30. The van der Waals surface area contributed by atoms with Crippen LogP contribution in [-0.2, 0) is 11.2 Å². The fourth-order valence-corrected chi connectivity index (χ4v) is 1.88. The molecule has 2 rings (SSSR count).